The van der Waals surface area contributed by atoms with E-state index in [1.165, 1.54) is 0 Å². The van der Waals surface area contributed by atoms with Crippen molar-refractivity contribution in [2.24, 2.45) is 0 Å². The second-order valence-corrected chi connectivity index (χ2v) is 2.56. The molecule has 0 N–H and O–H groups in total. The molecule has 0 atom stereocenters. The highest BCUT2D eigenvalue weighted by Gasteiger charge is 1.89. The van der Waals surface area contributed by atoms with Crippen LogP contribution in [0.5, 0.6) is 0 Å². The largest absolute Gasteiger partial charge is 0.687 e. The highest BCUT2D eigenvalue weighted by molar-refractivity contribution is 6.31. The third-order valence-electron chi connectivity index (χ3n) is 1.40. The van der Waals surface area contributed by atoms with Crippen LogP contribution in [0.2, 0.25) is 5.02 Å². The fourth-order valence-corrected chi connectivity index (χ4v) is 0.886. The van der Waals surface area contributed by atoms with Gasteiger partial charge in [0, 0.05) is 5.02 Å². The third kappa shape index (κ3) is 1.42. The lowest BCUT2D eigenvalue weighted by atomic mass is 10.2. The number of nitrogens with zero attached hydrogens (tertiary/aromatic N) is 1. The van der Waals surface area contributed by atoms with Crippen LogP contribution in [0.1, 0.15) is 5.56 Å². The lowest BCUT2D eigenvalue weighted by Gasteiger charge is -2.13. The Morgan fingerprint density at radius 1 is 1.40 bits per heavy atom. The van der Waals surface area contributed by atoms with E-state index in [0.717, 1.165) is 16.3 Å². The summed E-state index contributed by atoms with van der Waals surface area (Å²) in [6.45, 7) is 1.97. The first-order chi connectivity index (χ1) is 4.74. The van der Waals surface area contributed by atoms with E-state index in [0.29, 0.717) is 0 Å². The molecule has 0 spiro atoms. The van der Waals surface area contributed by atoms with Crippen LogP contribution in [-0.4, -0.2) is 7.05 Å². The van der Waals surface area contributed by atoms with Crippen molar-refractivity contribution in [2.75, 3.05) is 7.05 Å². The van der Waals surface area contributed by atoms with Gasteiger partial charge in [0.05, 0.1) is 0 Å². The van der Waals surface area contributed by atoms with Crippen LogP contribution in [-0.2, 0) is 0 Å². The number of rotatable bonds is 1. The summed E-state index contributed by atoms with van der Waals surface area (Å²) in [6, 6.07) is 5.72. The van der Waals surface area contributed by atoms with Crippen LogP contribution in [0, 0.1) is 6.92 Å². The molecule has 0 aliphatic rings. The monoisotopic (exact) mass is 154 g/mol. The summed E-state index contributed by atoms with van der Waals surface area (Å²) in [6.07, 6.45) is 0. The van der Waals surface area contributed by atoms with Gasteiger partial charge in [-0.2, -0.15) is 0 Å². The molecular formula is C8H9ClN-. The Hall–Kier alpha value is -0.690. The van der Waals surface area contributed by atoms with Crippen molar-refractivity contribution in [1.82, 2.24) is 0 Å². The molecule has 0 heterocycles. The molecule has 0 aromatic heterocycles. The van der Waals surface area contributed by atoms with Gasteiger partial charge in [0.25, 0.3) is 0 Å². The van der Waals surface area contributed by atoms with Crippen molar-refractivity contribution >= 4 is 17.3 Å². The zero-order valence-electron chi connectivity index (χ0n) is 6.06. The van der Waals surface area contributed by atoms with Crippen LogP contribution in [0.4, 0.5) is 5.69 Å². The summed E-state index contributed by atoms with van der Waals surface area (Å²) in [5, 5.41) is 4.81. The zero-order chi connectivity index (χ0) is 7.56. The lowest BCUT2D eigenvalue weighted by molar-refractivity contribution is 1.46. The van der Waals surface area contributed by atoms with Gasteiger partial charge < -0.3 is 5.32 Å². The standard InChI is InChI=1S/C8H9ClN/c1-6-5-7(10-2)3-4-8(6)9/h3-5H,1-2H3/q-1. The quantitative estimate of drug-likeness (QED) is 0.590. The van der Waals surface area contributed by atoms with Crippen molar-refractivity contribution in [2.45, 2.75) is 6.92 Å². The molecule has 1 aromatic rings. The van der Waals surface area contributed by atoms with Crippen LogP contribution in [0.3, 0.4) is 0 Å². The molecule has 1 rings (SSSR count). The molecule has 0 aliphatic carbocycles. The summed E-state index contributed by atoms with van der Waals surface area (Å²) in [5.74, 6) is 0. The molecule has 0 saturated heterocycles. The van der Waals surface area contributed by atoms with E-state index in [1.807, 2.05) is 25.1 Å². The molecule has 0 unspecified atom stereocenters. The molecule has 0 aliphatic heterocycles. The van der Waals surface area contributed by atoms with Crippen molar-refractivity contribution in [3.8, 4) is 0 Å². The molecular weight excluding hydrogens is 146 g/mol. The summed E-state index contributed by atoms with van der Waals surface area (Å²) >= 11 is 5.80. The number of halogens is 1. The maximum Gasteiger partial charge on any atom is 0.0434 e. The number of hydrogen-bond donors (Lipinski definition) is 0. The number of aryl methyl sites for hydroxylation is 1. The van der Waals surface area contributed by atoms with E-state index in [9.17, 15) is 0 Å². The minimum atomic E-state index is 0.799. The van der Waals surface area contributed by atoms with Gasteiger partial charge in [-0.25, -0.2) is 0 Å². The second kappa shape index (κ2) is 2.93. The highest BCUT2D eigenvalue weighted by Crippen LogP contribution is 2.22. The fourth-order valence-electron chi connectivity index (χ4n) is 0.768. The molecule has 1 nitrogen and oxygen atoms in total. The normalized spacial score (nSPS) is 9.50. The number of benzene rings is 1. The fraction of sp³-hybridized carbons (Fsp3) is 0.250. The molecule has 0 saturated carbocycles. The molecule has 2 heteroatoms. The van der Waals surface area contributed by atoms with E-state index in [4.69, 9.17) is 11.6 Å². The summed E-state index contributed by atoms with van der Waals surface area (Å²) in [5.41, 5.74) is 2.05. The minimum Gasteiger partial charge on any atom is -0.687 e. The predicted octanol–water partition coefficient (Wildman–Crippen LogP) is 3.28. The first kappa shape index (κ1) is 7.42. The van der Waals surface area contributed by atoms with Gasteiger partial charge in [-0.05, 0) is 18.6 Å². The van der Waals surface area contributed by atoms with Gasteiger partial charge in [-0.15, -0.1) is 12.7 Å². The Bertz CT molecular complexity index is 233. The first-order valence-electron chi connectivity index (χ1n) is 3.10. The summed E-state index contributed by atoms with van der Waals surface area (Å²) in [7, 11) is 1.77. The minimum absolute atomic E-state index is 0.799. The Kier molecular flexibility index (Phi) is 2.17. The van der Waals surface area contributed by atoms with Crippen LogP contribution in [0.25, 0.3) is 5.32 Å². The average Bonchev–Trinajstić information content (AvgIpc) is 1.95. The van der Waals surface area contributed by atoms with Crippen molar-refractivity contribution in [1.29, 1.82) is 0 Å². The molecule has 54 valence electrons. The maximum atomic E-state index is 5.80. The second-order valence-electron chi connectivity index (χ2n) is 2.16. The van der Waals surface area contributed by atoms with Crippen molar-refractivity contribution < 1.29 is 0 Å². The van der Waals surface area contributed by atoms with Crippen LogP contribution < -0.4 is 0 Å². The van der Waals surface area contributed by atoms with E-state index >= 15 is 0 Å². The first-order valence-corrected chi connectivity index (χ1v) is 3.48. The Balaban J connectivity index is 3.04. The molecule has 0 amide bonds. The molecule has 1 aromatic carbocycles. The van der Waals surface area contributed by atoms with E-state index < -0.39 is 0 Å². The molecule has 0 bridgehead atoms. The summed E-state index contributed by atoms with van der Waals surface area (Å²) in [4.78, 5) is 0. The zero-order valence-corrected chi connectivity index (χ0v) is 6.81. The van der Waals surface area contributed by atoms with Gasteiger partial charge in [0.2, 0.25) is 0 Å². The van der Waals surface area contributed by atoms with Crippen LogP contribution >= 0.6 is 11.6 Å². The van der Waals surface area contributed by atoms with Gasteiger partial charge in [0.1, 0.15) is 0 Å². The third-order valence-corrected chi connectivity index (χ3v) is 1.82. The SMILES string of the molecule is C[N-]c1ccc(Cl)c(C)c1. The van der Waals surface area contributed by atoms with Crippen LogP contribution in [0.15, 0.2) is 18.2 Å². The van der Waals surface area contributed by atoms with Crippen molar-refractivity contribution in [3.05, 3.63) is 34.1 Å². The Morgan fingerprint density at radius 2 is 2.10 bits per heavy atom. The Morgan fingerprint density at radius 3 is 2.60 bits per heavy atom. The van der Waals surface area contributed by atoms with E-state index in [2.05, 4.69) is 5.32 Å². The molecule has 0 radical (unpaired) electrons. The highest BCUT2D eigenvalue weighted by atomic mass is 35.5. The van der Waals surface area contributed by atoms with Gasteiger partial charge in [-0.3, -0.25) is 0 Å². The van der Waals surface area contributed by atoms with Gasteiger partial charge in [0.15, 0.2) is 0 Å². The van der Waals surface area contributed by atoms with Gasteiger partial charge >= 0.3 is 0 Å². The molecule has 0 fully saturated rings. The predicted molar refractivity (Wildman–Crippen MR) is 45.1 cm³/mol. The summed E-state index contributed by atoms with van der Waals surface area (Å²) < 4.78 is 0. The van der Waals surface area contributed by atoms with Crippen molar-refractivity contribution in [3.63, 3.8) is 0 Å². The topological polar surface area (TPSA) is 14.1 Å². The van der Waals surface area contributed by atoms with E-state index in [-0.39, 0.29) is 0 Å². The lowest BCUT2D eigenvalue weighted by Crippen LogP contribution is -1.73. The van der Waals surface area contributed by atoms with E-state index in [1.54, 1.807) is 7.05 Å². The van der Waals surface area contributed by atoms with Gasteiger partial charge in [-0.1, -0.05) is 23.7 Å². The number of hydrogen-bond acceptors (Lipinski definition) is 0. The average molecular weight is 155 g/mol. The Labute approximate surface area is 66.0 Å². The molecule has 10 heavy (non-hydrogen) atoms. The smallest absolute Gasteiger partial charge is 0.0434 e. The maximum absolute atomic E-state index is 5.80.